The van der Waals surface area contributed by atoms with E-state index < -0.39 is 115 Å². The maximum atomic E-state index is 13.5. The predicted octanol–water partition coefficient (Wildman–Crippen LogP) is -3.31. The van der Waals surface area contributed by atoms with Gasteiger partial charge in [-0.3, -0.25) is 33.6 Å². The lowest BCUT2D eigenvalue weighted by Gasteiger charge is -2.28. The molecule has 0 aliphatic carbocycles. The minimum absolute atomic E-state index is 0.0954. The highest BCUT2D eigenvalue weighted by Gasteiger charge is 2.34. The Morgan fingerprint density at radius 3 is 1.71 bits per heavy atom. The lowest BCUT2D eigenvalue weighted by atomic mass is 10.00. The van der Waals surface area contributed by atoms with Crippen LogP contribution in [0.5, 0.6) is 5.75 Å². The summed E-state index contributed by atoms with van der Waals surface area (Å²) in [6.45, 7) is 2.25. The van der Waals surface area contributed by atoms with Crippen molar-refractivity contribution in [1.29, 1.82) is 0 Å². The Bertz CT molecular complexity index is 1360. The zero-order valence-electron chi connectivity index (χ0n) is 26.6. The number of hydrogen-bond acceptors (Lipinski definition) is 12. The molecular weight excluding hydrogens is 672 g/mol. The van der Waals surface area contributed by atoms with Crippen molar-refractivity contribution in [1.82, 2.24) is 26.6 Å². The maximum Gasteiger partial charge on any atom is 0.326 e. The van der Waals surface area contributed by atoms with E-state index >= 15 is 0 Å². The van der Waals surface area contributed by atoms with Crippen LogP contribution in [0.25, 0.3) is 0 Å². The number of amides is 5. The fraction of sp³-hybridized carbons (Fsp3) is 0.517. The van der Waals surface area contributed by atoms with Gasteiger partial charge in [-0.2, -0.15) is 12.6 Å². The van der Waals surface area contributed by atoms with Gasteiger partial charge in [0.2, 0.25) is 29.5 Å². The summed E-state index contributed by atoms with van der Waals surface area (Å²) in [7, 11) is 0. The number of aliphatic hydroxyl groups excluding tert-OH is 1. The smallest absolute Gasteiger partial charge is 0.326 e. The predicted molar refractivity (Wildman–Crippen MR) is 172 cm³/mol. The molecular formula is C29H42N6O13S. The normalized spacial score (nSPS) is 14.6. The molecule has 6 atom stereocenters. The van der Waals surface area contributed by atoms with Gasteiger partial charge in [0.15, 0.2) is 0 Å². The number of carboxylic acids is 3. The van der Waals surface area contributed by atoms with E-state index in [1.54, 1.807) is 0 Å². The van der Waals surface area contributed by atoms with Crippen LogP contribution in [0.15, 0.2) is 24.3 Å². The van der Waals surface area contributed by atoms with Gasteiger partial charge in [-0.05, 0) is 30.0 Å². The number of thiol groups is 1. The first-order chi connectivity index (χ1) is 22.9. The first-order valence-electron chi connectivity index (χ1n) is 14.8. The number of aliphatic hydroxyl groups is 1. The van der Waals surface area contributed by atoms with Gasteiger partial charge in [-0.25, -0.2) is 4.79 Å². The number of nitrogens with one attached hydrogen (secondary N) is 5. The summed E-state index contributed by atoms with van der Waals surface area (Å²) in [5.41, 5.74) is 5.87. The van der Waals surface area contributed by atoms with E-state index in [2.05, 4.69) is 39.2 Å². The van der Waals surface area contributed by atoms with Crippen LogP contribution in [0.4, 0.5) is 0 Å². The topological polar surface area (TPSA) is 324 Å². The molecule has 0 saturated heterocycles. The molecule has 0 bridgehead atoms. The third-order valence-corrected chi connectivity index (χ3v) is 7.24. The summed E-state index contributed by atoms with van der Waals surface area (Å²) in [6.07, 6.45) is -2.13. The molecule has 12 N–H and O–H groups in total. The van der Waals surface area contributed by atoms with Gasteiger partial charge in [-0.1, -0.05) is 26.0 Å². The summed E-state index contributed by atoms with van der Waals surface area (Å²) < 4.78 is 0. The number of rotatable bonds is 21. The van der Waals surface area contributed by atoms with E-state index in [1.165, 1.54) is 38.1 Å². The lowest BCUT2D eigenvalue weighted by Crippen LogP contribution is -2.61. The second-order valence-corrected chi connectivity index (χ2v) is 11.6. The SMILES string of the molecule is CC(C)[C@H](NC(=O)[C@H](CC(=O)O)NC(=O)[C@@H](N)CO)C(=O)N[C@@H](Cc1ccc(O)cc1)C(=O)N[C@@H](CS)C(=O)N[C@@H](CCC(=O)O)C(=O)O. The van der Waals surface area contributed by atoms with Crippen molar-refractivity contribution in [2.75, 3.05) is 12.4 Å². The van der Waals surface area contributed by atoms with Crippen molar-refractivity contribution in [3.63, 3.8) is 0 Å². The molecule has 19 nitrogen and oxygen atoms in total. The Balaban J connectivity index is 3.28. The van der Waals surface area contributed by atoms with Crippen LogP contribution < -0.4 is 32.3 Å². The van der Waals surface area contributed by atoms with Crippen LogP contribution in [-0.4, -0.2) is 122 Å². The number of aromatic hydroxyl groups is 1. The highest BCUT2D eigenvalue weighted by Crippen LogP contribution is 2.13. The molecule has 49 heavy (non-hydrogen) atoms. The zero-order chi connectivity index (χ0) is 37.4. The number of benzene rings is 1. The van der Waals surface area contributed by atoms with Crippen LogP contribution in [0.2, 0.25) is 0 Å². The molecule has 272 valence electrons. The van der Waals surface area contributed by atoms with Crippen molar-refractivity contribution in [3.05, 3.63) is 29.8 Å². The highest BCUT2D eigenvalue weighted by atomic mass is 32.1. The van der Waals surface area contributed by atoms with E-state index in [4.69, 9.17) is 15.9 Å². The van der Waals surface area contributed by atoms with Crippen molar-refractivity contribution < 1.29 is 63.9 Å². The van der Waals surface area contributed by atoms with Crippen LogP contribution in [0.3, 0.4) is 0 Å². The zero-order valence-corrected chi connectivity index (χ0v) is 27.5. The molecule has 20 heteroatoms. The largest absolute Gasteiger partial charge is 0.508 e. The molecule has 0 aliphatic rings. The minimum Gasteiger partial charge on any atom is -0.508 e. The molecule has 1 aromatic rings. The van der Waals surface area contributed by atoms with Crippen LogP contribution in [0.1, 0.15) is 38.7 Å². The monoisotopic (exact) mass is 714 g/mol. The standard InChI is InChI=1S/C29H42N6O13S/c1-13(2)23(35-26(44)19(10-22(40)41)32-24(42)16(30)11-36)28(46)33-18(9-14-3-5-15(37)6-4-14)25(43)34-20(12-49)27(45)31-17(29(47)48)7-8-21(38)39/h3-6,13,16-20,23,36-37,49H,7-12,30H2,1-2H3,(H,31,45)(H,32,42)(H,33,46)(H,34,43)(H,35,44)(H,38,39)(H,40,41)(H,47,48)/t16-,17-,18-,19-,20-,23-/m0/s1. The molecule has 0 unspecified atom stereocenters. The second-order valence-electron chi connectivity index (χ2n) is 11.2. The molecule has 0 spiro atoms. The van der Waals surface area contributed by atoms with E-state index in [0.717, 1.165) is 0 Å². The molecule has 1 aromatic carbocycles. The first-order valence-corrected chi connectivity index (χ1v) is 15.5. The lowest BCUT2D eigenvalue weighted by molar-refractivity contribution is -0.143. The van der Waals surface area contributed by atoms with Crippen LogP contribution in [0, 0.1) is 5.92 Å². The number of carbonyl (C=O) groups excluding carboxylic acids is 5. The quantitative estimate of drug-likeness (QED) is 0.0555. The van der Waals surface area contributed by atoms with Crippen molar-refractivity contribution >= 4 is 60.1 Å². The number of nitrogens with two attached hydrogens (primary N) is 1. The fourth-order valence-corrected chi connectivity index (χ4v) is 4.39. The molecule has 1 rings (SSSR count). The van der Waals surface area contributed by atoms with Gasteiger partial charge in [0.25, 0.3) is 0 Å². The van der Waals surface area contributed by atoms with Crippen LogP contribution >= 0.6 is 12.6 Å². The number of aliphatic carboxylic acids is 3. The number of phenolic OH excluding ortho intramolecular Hbond substituents is 1. The van der Waals surface area contributed by atoms with Gasteiger partial charge in [0.05, 0.1) is 13.0 Å². The Kier molecular flexibility index (Phi) is 17.5. The van der Waals surface area contributed by atoms with Crippen molar-refractivity contribution in [2.24, 2.45) is 11.7 Å². The van der Waals surface area contributed by atoms with E-state index in [1.807, 2.05) is 0 Å². The number of phenols is 1. The third-order valence-electron chi connectivity index (χ3n) is 6.88. The Labute approximate surface area is 285 Å². The maximum absolute atomic E-state index is 13.5. The Morgan fingerprint density at radius 1 is 0.714 bits per heavy atom. The molecule has 0 aliphatic heterocycles. The second kappa shape index (κ2) is 20.4. The Hall–Kier alpha value is -4.95. The summed E-state index contributed by atoms with van der Waals surface area (Å²) in [4.78, 5) is 98.9. The summed E-state index contributed by atoms with van der Waals surface area (Å²) in [5, 5.41) is 57.7. The van der Waals surface area contributed by atoms with Crippen LogP contribution in [-0.2, 0) is 44.8 Å². The van der Waals surface area contributed by atoms with E-state index in [9.17, 15) is 53.7 Å². The molecule has 0 aromatic heterocycles. The van der Waals surface area contributed by atoms with Gasteiger partial charge in [-0.15, -0.1) is 0 Å². The van der Waals surface area contributed by atoms with Gasteiger partial charge in [0.1, 0.15) is 42.0 Å². The van der Waals surface area contributed by atoms with Crippen molar-refractivity contribution in [2.45, 2.75) is 75.8 Å². The Morgan fingerprint density at radius 2 is 1.22 bits per heavy atom. The number of carbonyl (C=O) groups is 8. The minimum atomic E-state index is -1.70. The fourth-order valence-electron chi connectivity index (χ4n) is 4.14. The summed E-state index contributed by atoms with van der Waals surface area (Å²) in [6, 6.07) is -3.55. The molecule has 0 heterocycles. The average Bonchev–Trinajstić information content (AvgIpc) is 3.03. The van der Waals surface area contributed by atoms with Gasteiger partial charge in [0, 0.05) is 18.6 Å². The third kappa shape index (κ3) is 14.8. The van der Waals surface area contributed by atoms with E-state index in [0.29, 0.717) is 5.56 Å². The number of carboxylic acid groups (broad SMARTS) is 3. The van der Waals surface area contributed by atoms with E-state index in [-0.39, 0.29) is 17.9 Å². The van der Waals surface area contributed by atoms with Gasteiger partial charge >= 0.3 is 17.9 Å². The summed E-state index contributed by atoms with van der Waals surface area (Å²) in [5.74, 6) is -10.4. The van der Waals surface area contributed by atoms with Crippen molar-refractivity contribution in [3.8, 4) is 5.75 Å². The molecule has 0 saturated carbocycles. The molecule has 5 amide bonds. The number of hydrogen-bond donors (Lipinski definition) is 12. The van der Waals surface area contributed by atoms with Gasteiger partial charge < -0.3 is 57.9 Å². The highest BCUT2D eigenvalue weighted by molar-refractivity contribution is 7.80. The molecule has 0 fully saturated rings. The molecule has 0 radical (unpaired) electrons. The first kappa shape index (κ1) is 42.1. The summed E-state index contributed by atoms with van der Waals surface area (Å²) >= 11 is 4.05. The average molecular weight is 715 g/mol.